The molecule has 3 rings (SSSR count). The first-order chi connectivity index (χ1) is 10.2. The van der Waals surface area contributed by atoms with Crippen LogP contribution in [0.15, 0.2) is 53.7 Å². The van der Waals surface area contributed by atoms with Gasteiger partial charge in [-0.25, -0.2) is 8.42 Å². The maximum atomic E-state index is 12.5. The highest BCUT2D eigenvalue weighted by Gasteiger charge is 2.29. The smallest absolute Gasteiger partial charge is 0.243 e. The van der Waals surface area contributed by atoms with Crippen molar-refractivity contribution in [3.8, 4) is 0 Å². The Kier molecular flexibility index (Phi) is 4.07. The van der Waals surface area contributed by atoms with Gasteiger partial charge in [-0.3, -0.25) is 4.68 Å². The van der Waals surface area contributed by atoms with Gasteiger partial charge >= 0.3 is 0 Å². The van der Waals surface area contributed by atoms with E-state index in [9.17, 15) is 8.42 Å². The molecule has 6 heteroatoms. The van der Waals surface area contributed by atoms with E-state index in [0.29, 0.717) is 23.9 Å². The van der Waals surface area contributed by atoms with E-state index in [4.69, 9.17) is 0 Å². The minimum absolute atomic E-state index is 0.385. The molecule has 0 unspecified atom stereocenters. The Bertz CT molecular complexity index is 660. The van der Waals surface area contributed by atoms with Crippen molar-refractivity contribution in [1.29, 1.82) is 0 Å². The van der Waals surface area contributed by atoms with Crippen LogP contribution in [0.25, 0.3) is 0 Å². The topological polar surface area (TPSA) is 55.2 Å². The normalized spacial score (nSPS) is 17.9. The van der Waals surface area contributed by atoms with Crippen molar-refractivity contribution in [1.82, 2.24) is 14.1 Å². The third-order valence-electron chi connectivity index (χ3n) is 3.96. The minimum atomic E-state index is -3.34. The Balaban J connectivity index is 1.63. The van der Waals surface area contributed by atoms with E-state index >= 15 is 0 Å². The van der Waals surface area contributed by atoms with Crippen LogP contribution >= 0.6 is 0 Å². The number of hydrogen-bond acceptors (Lipinski definition) is 3. The lowest BCUT2D eigenvalue weighted by molar-refractivity contribution is 0.247. The van der Waals surface area contributed by atoms with Crippen LogP contribution in [0.3, 0.4) is 0 Å². The molecule has 1 saturated heterocycles. The summed E-state index contributed by atoms with van der Waals surface area (Å²) in [6.45, 7) is 2.04. The lowest BCUT2D eigenvalue weighted by atomic mass is 9.98. The molecule has 0 saturated carbocycles. The summed E-state index contributed by atoms with van der Waals surface area (Å²) in [5, 5.41) is 4.21. The van der Waals surface area contributed by atoms with Crippen LogP contribution in [0.4, 0.5) is 0 Å². The molecule has 5 nitrogen and oxygen atoms in total. The van der Waals surface area contributed by atoms with Crippen molar-refractivity contribution >= 4 is 10.0 Å². The molecule has 112 valence electrons. The summed E-state index contributed by atoms with van der Waals surface area (Å²) in [4.78, 5) is 0.385. The van der Waals surface area contributed by atoms with Crippen molar-refractivity contribution in [2.24, 2.45) is 5.92 Å². The Morgan fingerprint density at radius 3 is 2.43 bits per heavy atom. The van der Waals surface area contributed by atoms with Crippen LogP contribution in [0.2, 0.25) is 0 Å². The van der Waals surface area contributed by atoms with Gasteiger partial charge in [0.2, 0.25) is 10.0 Å². The fourth-order valence-corrected chi connectivity index (χ4v) is 4.24. The molecular formula is C15H19N3O2S. The molecule has 21 heavy (non-hydrogen) atoms. The van der Waals surface area contributed by atoms with E-state index in [2.05, 4.69) is 5.10 Å². The van der Waals surface area contributed by atoms with Crippen molar-refractivity contribution < 1.29 is 8.42 Å². The van der Waals surface area contributed by atoms with Crippen molar-refractivity contribution in [3.63, 3.8) is 0 Å². The van der Waals surface area contributed by atoms with Gasteiger partial charge in [-0.15, -0.1) is 0 Å². The van der Waals surface area contributed by atoms with Crippen LogP contribution < -0.4 is 0 Å². The molecule has 0 N–H and O–H groups in total. The first kappa shape index (κ1) is 14.3. The predicted octanol–water partition coefficient (Wildman–Crippen LogP) is 1.98. The zero-order chi connectivity index (χ0) is 14.7. The van der Waals surface area contributed by atoms with Gasteiger partial charge in [-0.1, -0.05) is 18.2 Å². The zero-order valence-electron chi connectivity index (χ0n) is 11.8. The second kappa shape index (κ2) is 5.99. The third-order valence-corrected chi connectivity index (χ3v) is 5.87. The molecule has 1 aromatic heterocycles. The molecule has 0 spiro atoms. The van der Waals surface area contributed by atoms with Crippen LogP contribution in [-0.4, -0.2) is 35.6 Å². The maximum absolute atomic E-state index is 12.5. The number of benzene rings is 1. The Morgan fingerprint density at radius 2 is 1.81 bits per heavy atom. The van der Waals surface area contributed by atoms with Gasteiger partial charge in [0.1, 0.15) is 0 Å². The average molecular weight is 305 g/mol. The van der Waals surface area contributed by atoms with E-state index in [1.54, 1.807) is 34.8 Å². The third kappa shape index (κ3) is 3.16. The molecule has 1 fully saturated rings. The number of aromatic nitrogens is 2. The second-order valence-electron chi connectivity index (χ2n) is 5.39. The second-order valence-corrected chi connectivity index (χ2v) is 7.33. The van der Waals surface area contributed by atoms with Gasteiger partial charge in [0.05, 0.1) is 4.90 Å². The van der Waals surface area contributed by atoms with Gasteiger partial charge in [0.25, 0.3) is 0 Å². The molecule has 2 aromatic rings. The van der Waals surface area contributed by atoms with E-state index in [1.165, 1.54) is 0 Å². The SMILES string of the molecule is O=S(=O)(c1ccccc1)N1CCC(Cn2cccn2)CC1. The molecule has 0 bridgehead atoms. The zero-order valence-corrected chi connectivity index (χ0v) is 12.6. The number of sulfonamides is 1. The van der Waals surface area contributed by atoms with E-state index < -0.39 is 10.0 Å². The highest BCUT2D eigenvalue weighted by Crippen LogP contribution is 2.24. The summed E-state index contributed by atoms with van der Waals surface area (Å²) >= 11 is 0. The summed E-state index contributed by atoms with van der Waals surface area (Å²) in [7, 11) is -3.34. The molecular weight excluding hydrogens is 286 g/mol. The molecule has 0 atom stereocenters. The lowest BCUT2D eigenvalue weighted by Crippen LogP contribution is -2.39. The molecule has 1 aliphatic heterocycles. The summed E-state index contributed by atoms with van der Waals surface area (Å²) in [6.07, 6.45) is 5.49. The molecule has 2 heterocycles. The average Bonchev–Trinajstić information content (AvgIpc) is 3.02. The van der Waals surface area contributed by atoms with E-state index in [-0.39, 0.29) is 0 Å². The largest absolute Gasteiger partial charge is 0.272 e. The van der Waals surface area contributed by atoms with Crippen LogP contribution in [0, 0.1) is 5.92 Å². The molecule has 0 radical (unpaired) electrons. The van der Waals surface area contributed by atoms with E-state index in [0.717, 1.165) is 19.4 Å². The monoisotopic (exact) mass is 305 g/mol. The predicted molar refractivity (Wildman–Crippen MR) is 80.2 cm³/mol. The molecule has 1 aliphatic rings. The summed E-state index contributed by atoms with van der Waals surface area (Å²) in [5.74, 6) is 0.493. The Hall–Kier alpha value is -1.66. The van der Waals surface area contributed by atoms with Crippen molar-refractivity contribution in [2.75, 3.05) is 13.1 Å². The number of piperidine rings is 1. The maximum Gasteiger partial charge on any atom is 0.243 e. The van der Waals surface area contributed by atoms with Gasteiger partial charge in [-0.05, 0) is 37.0 Å². The van der Waals surface area contributed by atoms with Crippen LogP contribution in [-0.2, 0) is 16.6 Å². The van der Waals surface area contributed by atoms with Crippen LogP contribution in [0.1, 0.15) is 12.8 Å². The lowest BCUT2D eigenvalue weighted by Gasteiger charge is -2.31. The van der Waals surface area contributed by atoms with Crippen molar-refractivity contribution in [2.45, 2.75) is 24.3 Å². The number of rotatable bonds is 4. The Labute approximate surface area is 125 Å². The van der Waals surface area contributed by atoms with E-state index in [1.807, 2.05) is 23.0 Å². The molecule has 1 aromatic carbocycles. The first-order valence-corrected chi connectivity index (χ1v) is 8.63. The number of hydrogen-bond donors (Lipinski definition) is 0. The van der Waals surface area contributed by atoms with Crippen molar-refractivity contribution in [3.05, 3.63) is 48.8 Å². The highest BCUT2D eigenvalue weighted by atomic mass is 32.2. The summed E-state index contributed by atoms with van der Waals surface area (Å²) in [5.41, 5.74) is 0. The fraction of sp³-hybridized carbons (Fsp3) is 0.400. The fourth-order valence-electron chi connectivity index (χ4n) is 2.75. The standard InChI is InChI=1S/C15H19N3O2S/c19-21(20,15-5-2-1-3-6-15)18-11-7-14(8-12-18)13-17-10-4-9-16-17/h1-6,9-10,14H,7-8,11-13H2. The van der Waals surface area contributed by atoms with Crippen LogP contribution in [0.5, 0.6) is 0 Å². The minimum Gasteiger partial charge on any atom is -0.272 e. The van der Waals surface area contributed by atoms with Gasteiger partial charge in [0.15, 0.2) is 0 Å². The summed E-state index contributed by atoms with van der Waals surface area (Å²) < 4.78 is 28.6. The van der Waals surface area contributed by atoms with Gasteiger partial charge < -0.3 is 0 Å². The Morgan fingerprint density at radius 1 is 1.10 bits per heavy atom. The molecule has 0 amide bonds. The number of nitrogens with zero attached hydrogens (tertiary/aromatic N) is 3. The van der Waals surface area contributed by atoms with Gasteiger partial charge in [0, 0.05) is 32.0 Å². The first-order valence-electron chi connectivity index (χ1n) is 7.19. The van der Waals surface area contributed by atoms with Gasteiger partial charge in [-0.2, -0.15) is 9.40 Å². The summed E-state index contributed by atoms with van der Waals surface area (Å²) in [6, 6.07) is 10.6. The highest BCUT2D eigenvalue weighted by molar-refractivity contribution is 7.89. The molecule has 0 aliphatic carbocycles. The quantitative estimate of drug-likeness (QED) is 0.868.